The first-order valence-electron chi connectivity index (χ1n) is 21.3. The Hall–Kier alpha value is -5.53. The average molecular weight is 966 g/mol. The Morgan fingerprint density at radius 1 is 0.712 bits per heavy atom. The van der Waals surface area contributed by atoms with Crippen molar-refractivity contribution >= 4 is 75.4 Å². The number of hydrogen-bond acceptors (Lipinski definition) is 8. The summed E-state index contributed by atoms with van der Waals surface area (Å²) in [6, 6.07) is 14.2. The van der Waals surface area contributed by atoms with Gasteiger partial charge in [0.2, 0.25) is 11.8 Å². The molecule has 2 saturated heterocycles. The molecule has 0 bridgehead atoms. The lowest BCUT2D eigenvalue weighted by Gasteiger charge is -2.31. The molecule has 19 heteroatoms. The lowest BCUT2D eigenvalue weighted by molar-refractivity contribution is -0.136. The summed E-state index contributed by atoms with van der Waals surface area (Å²) >= 11 is 0. The molecule has 4 N–H and O–H groups in total. The molecule has 66 heavy (non-hydrogen) atoms. The Balaban J connectivity index is 0.00000272. The number of likely N-dealkylation sites (tertiary alicyclic amines) is 2. The van der Waals surface area contributed by atoms with E-state index in [0.717, 1.165) is 6.42 Å². The molecule has 4 atom stereocenters. The molecule has 1 unspecified atom stereocenters. The highest BCUT2D eigenvalue weighted by atomic mass is 32.1. The Kier molecular flexibility index (Phi) is 16.0. The van der Waals surface area contributed by atoms with Crippen LogP contribution in [0.3, 0.4) is 0 Å². The first kappa shape index (κ1) is 51.5. The van der Waals surface area contributed by atoms with Crippen molar-refractivity contribution in [2.45, 2.75) is 83.5 Å². The number of carbonyl (C=O) groups excluding carboxylic acids is 4. The van der Waals surface area contributed by atoms with Gasteiger partial charge in [-0.2, -0.15) is 49.3 Å². The van der Waals surface area contributed by atoms with Gasteiger partial charge in [0, 0.05) is 46.9 Å². The second kappa shape index (κ2) is 20.5. The first-order valence-corrected chi connectivity index (χ1v) is 21.3. The number of benzene rings is 3. The van der Waals surface area contributed by atoms with Crippen molar-refractivity contribution in [3.8, 4) is 33.5 Å². The fourth-order valence-corrected chi connectivity index (χ4v) is 9.28. The quantitative estimate of drug-likeness (QED) is 0.108. The van der Waals surface area contributed by atoms with E-state index >= 15 is 8.78 Å². The number of aromatic nitrogens is 3. The highest BCUT2D eigenvalue weighted by Crippen LogP contribution is 2.53. The summed E-state index contributed by atoms with van der Waals surface area (Å²) in [7, 11) is 2.48. The van der Waals surface area contributed by atoms with E-state index < -0.39 is 36.2 Å². The van der Waals surface area contributed by atoms with Crippen LogP contribution in [0.15, 0.2) is 71.7 Å². The van der Waals surface area contributed by atoms with Crippen LogP contribution in [0.1, 0.15) is 88.1 Å². The lowest BCUT2D eigenvalue weighted by Crippen LogP contribution is -2.51. The maximum absolute atomic E-state index is 16.6. The molecule has 0 spiro atoms. The maximum atomic E-state index is 16.6. The SMILES string of the molecule is COC(=O)N[C@H](C(=O)N1CCCC1c1cc(=O)c2ccc(-c3ccc4c(c3)C(F)(F)c3cc(-c5cnc([C@@H]6CCCN6C(=O)[C@@H](NC(=O)OC)C(C)C)[nH]5)ccc3-4)cc2[nH]1)C(C)C.S.S.S. The van der Waals surface area contributed by atoms with E-state index in [0.29, 0.717) is 88.3 Å². The minimum atomic E-state index is -3.33. The van der Waals surface area contributed by atoms with Crippen molar-refractivity contribution in [2.24, 2.45) is 11.8 Å². The van der Waals surface area contributed by atoms with Crippen LogP contribution in [0.2, 0.25) is 0 Å². The van der Waals surface area contributed by atoms with Crippen LogP contribution in [-0.4, -0.2) is 88.1 Å². The minimum absolute atomic E-state index is 0. The van der Waals surface area contributed by atoms with Gasteiger partial charge in [-0.1, -0.05) is 58.0 Å². The number of amides is 4. The van der Waals surface area contributed by atoms with Gasteiger partial charge in [0.15, 0.2) is 5.43 Å². The van der Waals surface area contributed by atoms with Gasteiger partial charge in [-0.15, -0.1) is 0 Å². The van der Waals surface area contributed by atoms with Crippen LogP contribution < -0.4 is 16.1 Å². The third-order valence-corrected chi connectivity index (χ3v) is 12.6. The Morgan fingerprint density at radius 2 is 1.21 bits per heavy atom. The van der Waals surface area contributed by atoms with E-state index in [1.807, 2.05) is 27.7 Å². The fraction of sp³-hybridized carbons (Fsp3) is 0.404. The predicted octanol–water partition coefficient (Wildman–Crippen LogP) is 8.13. The largest absolute Gasteiger partial charge is 0.453 e. The number of ether oxygens (including phenoxy) is 2. The zero-order chi connectivity index (χ0) is 44.9. The van der Waals surface area contributed by atoms with Gasteiger partial charge in [-0.25, -0.2) is 14.6 Å². The molecule has 0 saturated carbocycles. The second-order valence-electron chi connectivity index (χ2n) is 17.2. The summed E-state index contributed by atoms with van der Waals surface area (Å²) in [5.74, 6) is -3.73. The zero-order valence-electron chi connectivity index (χ0n) is 37.5. The molecule has 4 amide bonds. The Bertz CT molecular complexity index is 2690. The number of fused-ring (bicyclic) bond motifs is 4. The summed E-state index contributed by atoms with van der Waals surface area (Å²) < 4.78 is 42.7. The highest BCUT2D eigenvalue weighted by molar-refractivity contribution is 7.59. The van der Waals surface area contributed by atoms with E-state index in [2.05, 4.69) is 25.6 Å². The molecule has 14 nitrogen and oxygen atoms in total. The van der Waals surface area contributed by atoms with E-state index in [1.165, 1.54) is 32.4 Å². The van der Waals surface area contributed by atoms with Crippen LogP contribution in [0.5, 0.6) is 0 Å². The van der Waals surface area contributed by atoms with E-state index in [-0.39, 0.29) is 86.7 Å². The number of rotatable bonds is 10. The standard InChI is InChI=1S/C47H51F2N7O7.3H2S/c1-24(2)40(53-45(60)62-5)43(58)55-17-7-9-37(55)35-22-39(57)31-16-12-27(21-34(31)51-35)26-11-14-29-30-15-13-28(20-33(30)47(48,49)32(29)19-26)36-23-50-42(52-36)38-10-8-18-56(38)44(59)41(25(3)4)54-46(61)63-6;;;/h11-16,19-25,37-38,40-41H,7-10,17-18H2,1-6H3,(H,50,52)(H,51,57)(H,53,60)(H,54,61);3*1H2/t37?,38-,40-,41-;;;/m0.../s1. The monoisotopic (exact) mass is 965 g/mol. The van der Waals surface area contributed by atoms with Gasteiger partial charge in [-0.3, -0.25) is 14.4 Å². The molecular formula is C47H57F2N7O7S3. The number of halogens is 2. The van der Waals surface area contributed by atoms with Gasteiger partial charge in [0.05, 0.1) is 43.7 Å². The van der Waals surface area contributed by atoms with Crippen molar-refractivity contribution in [3.63, 3.8) is 0 Å². The van der Waals surface area contributed by atoms with Crippen molar-refractivity contribution < 1.29 is 37.4 Å². The van der Waals surface area contributed by atoms with Crippen LogP contribution in [-0.2, 0) is 25.0 Å². The molecule has 2 aromatic heterocycles. The van der Waals surface area contributed by atoms with Crippen molar-refractivity contribution in [2.75, 3.05) is 27.3 Å². The molecule has 3 aliphatic rings. The molecule has 3 aromatic carbocycles. The predicted molar refractivity (Wildman–Crippen MR) is 263 cm³/mol. The number of nitrogens with zero attached hydrogens (tertiary/aromatic N) is 3. The molecule has 354 valence electrons. The first-order chi connectivity index (χ1) is 30.1. The topological polar surface area (TPSA) is 179 Å². The molecule has 2 aliphatic heterocycles. The number of imidazole rings is 1. The molecule has 5 aromatic rings. The molecule has 1 aliphatic carbocycles. The van der Waals surface area contributed by atoms with Crippen LogP contribution in [0, 0.1) is 11.8 Å². The number of aromatic amines is 2. The third kappa shape index (κ3) is 9.51. The minimum Gasteiger partial charge on any atom is -0.453 e. The van der Waals surface area contributed by atoms with E-state index in [4.69, 9.17) is 9.47 Å². The van der Waals surface area contributed by atoms with Gasteiger partial charge < -0.3 is 39.9 Å². The van der Waals surface area contributed by atoms with Crippen molar-refractivity contribution in [3.05, 3.63) is 99.7 Å². The number of hydrogen-bond donors (Lipinski definition) is 4. The highest BCUT2D eigenvalue weighted by Gasteiger charge is 2.45. The summed E-state index contributed by atoms with van der Waals surface area (Å²) in [5, 5.41) is 5.70. The summed E-state index contributed by atoms with van der Waals surface area (Å²) in [5.41, 5.74) is 3.57. The second-order valence-corrected chi connectivity index (χ2v) is 17.2. The van der Waals surface area contributed by atoms with Crippen molar-refractivity contribution in [1.82, 2.24) is 35.4 Å². The number of nitrogens with one attached hydrogen (secondary N) is 4. The van der Waals surface area contributed by atoms with Crippen LogP contribution >= 0.6 is 40.5 Å². The van der Waals surface area contributed by atoms with Gasteiger partial charge in [-0.05, 0) is 84.0 Å². The Morgan fingerprint density at radius 3 is 1.77 bits per heavy atom. The average Bonchev–Trinajstić information content (AvgIpc) is 4.10. The number of pyridine rings is 1. The van der Waals surface area contributed by atoms with Gasteiger partial charge in [0.1, 0.15) is 17.9 Å². The number of carbonyl (C=O) groups is 4. The van der Waals surface area contributed by atoms with Crippen LogP contribution in [0.25, 0.3) is 44.4 Å². The molecule has 8 rings (SSSR count). The van der Waals surface area contributed by atoms with Gasteiger partial charge in [0.25, 0.3) is 5.92 Å². The van der Waals surface area contributed by atoms with E-state index in [1.54, 1.807) is 58.5 Å². The number of methoxy groups -OCH3 is 2. The molecular weight excluding hydrogens is 909 g/mol. The summed E-state index contributed by atoms with van der Waals surface area (Å²) in [6.07, 6.45) is 2.88. The smallest absolute Gasteiger partial charge is 0.407 e. The Labute approximate surface area is 402 Å². The number of H-pyrrole nitrogens is 2. The van der Waals surface area contributed by atoms with Crippen LogP contribution in [0.4, 0.5) is 18.4 Å². The number of alkyl carbamates (subject to hydrolysis) is 2. The number of alkyl halides is 2. The molecule has 0 radical (unpaired) electrons. The molecule has 4 heterocycles. The zero-order valence-corrected chi connectivity index (χ0v) is 40.5. The van der Waals surface area contributed by atoms with E-state index in [9.17, 15) is 24.0 Å². The summed E-state index contributed by atoms with van der Waals surface area (Å²) in [6.45, 7) is 8.28. The molecule has 2 fully saturated rings. The summed E-state index contributed by atoms with van der Waals surface area (Å²) in [4.78, 5) is 79.6. The fourth-order valence-electron chi connectivity index (χ4n) is 9.28. The lowest BCUT2D eigenvalue weighted by atomic mass is 9.97. The third-order valence-electron chi connectivity index (χ3n) is 12.6. The van der Waals surface area contributed by atoms with Crippen molar-refractivity contribution in [1.29, 1.82) is 0 Å². The normalized spacial score (nSPS) is 17.8. The maximum Gasteiger partial charge on any atom is 0.407 e. The van der Waals surface area contributed by atoms with Gasteiger partial charge >= 0.3 is 12.2 Å².